The van der Waals surface area contributed by atoms with Crippen LogP contribution in [0.4, 0.5) is 5.69 Å². The van der Waals surface area contributed by atoms with Crippen molar-refractivity contribution in [2.75, 3.05) is 18.6 Å². The fourth-order valence-corrected chi connectivity index (χ4v) is 4.64. The third kappa shape index (κ3) is 4.52. The summed E-state index contributed by atoms with van der Waals surface area (Å²) in [7, 11) is 1.63. The lowest BCUT2D eigenvalue weighted by molar-refractivity contribution is -0.121. The average molecular weight is 469 g/mol. The van der Waals surface area contributed by atoms with Crippen molar-refractivity contribution in [1.82, 2.24) is 5.32 Å². The molecule has 2 aliphatic rings. The summed E-state index contributed by atoms with van der Waals surface area (Å²) in [6, 6.07) is 11.6. The second-order valence-electron chi connectivity index (χ2n) is 8.62. The van der Waals surface area contributed by atoms with Crippen LogP contribution < -0.4 is 19.7 Å². The number of thiocarbonyl (C=S) groups is 1. The Labute approximate surface area is 197 Å². The van der Waals surface area contributed by atoms with E-state index in [1.165, 1.54) is 11.8 Å². The predicted molar refractivity (Wildman–Crippen MR) is 131 cm³/mol. The lowest BCUT2D eigenvalue weighted by atomic mass is 9.86. The van der Waals surface area contributed by atoms with Gasteiger partial charge in [0.1, 0.15) is 15.8 Å². The zero-order chi connectivity index (χ0) is 23.0. The van der Waals surface area contributed by atoms with E-state index in [0.29, 0.717) is 27.2 Å². The third-order valence-electron chi connectivity index (χ3n) is 5.34. The van der Waals surface area contributed by atoms with Gasteiger partial charge < -0.3 is 19.7 Å². The maximum atomic E-state index is 12.9. The molecule has 2 aliphatic heterocycles. The highest BCUT2D eigenvalue weighted by atomic mass is 32.2. The average Bonchev–Trinajstić information content (AvgIpc) is 3.06. The van der Waals surface area contributed by atoms with Crippen molar-refractivity contribution in [2.24, 2.45) is 0 Å². The van der Waals surface area contributed by atoms with Crippen molar-refractivity contribution >= 4 is 51.9 Å². The molecule has 4 rings (SSSR count). The molecule has 8 heteroatoms. The molecule has 2 aromatic carbocycles. The van der Waals surface area contributed by atoms with Crippen LogP contribution in [0.5, 0.6) is 11.5 Å². The molecule has 0 radical (unpaired) electrons. The van der Waals surface area contributed by atoms with Crippen LogP contribution in [0, 0.1) is 0 Å². The Morgan fingerprint density at radius 2 is 2.00 bits per heavy atom. The van der Waals surface area contributed by atoms with Gasteiger partial charge in [-0.25, -0.2) is 0 Å². The van der Waals surface area contributed by atoms with E-state index in [-0.39, 0.29) is 23.8 Å². The third-order valence-corrected chi connectivity index (χ3v) is 6.50. The molecule has 2 amide bonds. The second-order valence-corrected chi connectivity index (χ2v) is 10.3. The molecular formula is C24H24N2O4S2. The first-order valence-corrected chi connectivity index (χ1v) is 11.4. The summed E-state index contributed by atoms with van der Waals surface area (Å²) in [5.41, 5.74) is 3.48. The van der Waals surface area contributed by atoms with E-state index >= 15 is 0 Å². The fourth-order valence-electron chi connectivity index (χ4n) is 3.59. The van der Waals surface area contributed by atoms with Gasteiger partial charge in [-0.3, -0.25) is 9.59 Å². The number of hydrogen-bond donors (Lipinski definition) is 1. The molecular weight excluding hydrogens is 444 g/mol. The summed E-state index contributed by atoms with van der Waals surface area (Å²) >= 11 is 6.28. The van der Waals surface area contributed by atoms with Crippen LogP contribution in [0.3, 0.4) is 0 Å². The van der Waals surface area contributed by atoms with E-state index in [0.717, 1.165) is 22.4 Å². The monoisotopic (exact) mass is 468 g/mol. The van der Waals surface area contributed by atoms with E-state index in [1.807, 2.05) is 24.3 Å². The molecule has 0 aliphatic carbocycles. The van der Waals surface area contributed by atoms with E-state index in [4.69, 9.17) is 21.7 Å². The number of hydrogen-bond acceptors (Lipinski definition) is 6. The molecule has 1 fully saturated rings. The number of nitrogens with one attached hydrogen (secondary N) is 1. The Hall–Kier alpha value is -2.84. The number of methoxy groups -OCH3 is 1. The molecule has 32 heavy (non-hydrogen) atoms. The van der Waals surface area contributed by atoms with Gasteiger partial charge in [0.25, 0.3) is 11.8 Å². The largest absolute Gasteiger partial charge is 0.496 e. The van der Waals surface area contributed by atoms with E-state index < -0.39 is 0 Å². The van der Waals surface area contributed by atoms with Crippen molar-refractivity contribution in [3.8, 4) is 11.5 Å². The Morgan fingerprint density at radius 3 is 2.66 bits per heavy atom. The van der Waals surface area contributed by atoms with Crippen molar-refractivity contribution in [2.45, 2.75) is 32.7 Å². The summed E-state index contributed by atoms with van der Waals surface area (Å²) in [6.45, 7) is 6.77. The SMILES string of the molecule is COc1ccc(C(C)(C)C)cc1CN1C(=O)COc2ccc(C=C3SC(=S)NC3=O)cc21. The predicted octanol–water partition coefficient (Wildman–Crippen LogP) is 4.41. The zero-order valence-electron chi connectivity index (χ0n) is 18.4. The van der Waals surface area contributed by atoms with Gasteiger partial charge in [0, 0.05) is 5.56 Å². The van der Waals surface area contributed by atoms with E-state index in [9.17, 15) is 9.59 Å². The maximum Gasteiger partial charge on any atom is 0.265 e. The molecule has 0 unspecified atom stereocenters. The van der Waals surface area contributed by atoms with E-state index in [1.54, 1.807) is 18.1 Å². The normalized spacial score (nSPS) is 17.3. The van der Waals surface area contributed by atoms with Crippen LogP contribution in [0.1, 0.15) is 37.5 Å². The first kappa shape index (κ1) is 22.4. The van der Waals surface area contributed by atoms with Crippen LogP contribution in [-0.4, -0.2) is 29.9 Å². The summed E-state index contributed by atoms with van der Waals surface area (Å²) in [4.78, 5) is 27.1. The van der Waals surface area contributed by atoms with Crippen LogP contribution in [0.15, 0.2) is 41.3 Å². The van der Waals surface area contributed by atoms with Crippen LogP contribution in [-0.2, 0) is 21.5 Å². The highest BCUT2D eigenvalue weighted by Gasteiger charge is 2.28. The molecule has 0 aromatic heterocycles. The Bertz CT molecular complexity index is 1150. The van der Waals surface area contributed by atoms with Crippen molar-refractivity contribution in [1.29, 1.82) is 0 Å². The van der Waals surface area contributed by atoms with Gasteiger partial charge in [-0.05, 0) is 46.9 Å². The quantitative estimate of drug-likeness (QED) is 0.530. The summed E-state index contributed by atoms with van der Waals surface area (Å²) < 4.78 is 11.7. The number of carbonyl (C=O) groups excluding carboxylic acids is 2. The molecule has 1 N–H and O–H groups in total. The molecule has 0 bridgehead atoms. The highest BCUT2D eigenvalue weighted by Crippen LogP contribution is 2.37. The van der Waals surface area contributed by atoms with Gasteiger partial charge in [0.15, 0.2) is 6.61 Å². The van der Waals surface area contributed by atoms with Crippen molar-refractivity contribution in [3.63, 3.8) is 0 Å². The minimum absolute atomic E-state index is 0.0265. The molecule has 6 nitrogen and oxygen atoms in total. The van der Waals surface area contributed by atoms with Crippen LogP contribution in [0.2, 0.25) is 0 Å². The maximum absolute atomic E-state index is 12.9. The molecule has 166 valence electrons. The van der Waals surface area contributed by atoms with Gasteiger partial charge >= 0.3 is 0 Å². The van der Waals surface area contributed by atoms with Crippen LogP contribution >= 0.6 is 24.0 Å². The van der Waals surface area contributed by atoms with Crippen molar-refractivity contribution in [3.05, 3.63) is 58.0 Å². The number of nitrogens with zero attached hydrogens (tertiary/aromatic N) is 1. The van der Waals surface area contributed by atoms with Gasteiger partial charge in [0.05, 0.1) is 24.2 Å². The summed E-state index contributed by atoms with van der Waals surface area (Å²) in [5.74, 6) is 0.992. The Balaban J connectivity index is 1.71. The van der Waals surface area contributed by atoms with Gasteiger partial charge in [-0.2, -0.15) is 0 Å². The number of fused-ring (bicyclic) bond motifs is 1. The van der Waals surface area contributed by atoms with Crippen molar-refractivity contribution < 1.29 is 19.1 Å². The van der Waals surface area contributed by atoms with Gasteiger partial charge in [0.2, 0.25) is 0 Å². The highest BCUT2D eigenvalue weighted by molar-refractivity contribution is 8.26. The summed E-state index contributed by atoms with van der Waals surface area (Å²) in [5, 5.41) is 2.61. The molecule has 2 heterocycles. The van der Waals surface area contributed by atoms with Gasteiger partial charge in [-0.1, -0.05) is 56.9 Å². The molecule has 0 saturated carbocycles. The number of rotatable bonds is 4. The second kappa shape index (κ2) is 8.60. The van der Waals surface area contributed by atoms with E-state index in [2.05, 4.69) is 38.2 Å². The lowest BCUT2D eigenvalue weighted by Crippen LogP contribution is -2.38. The molecule has 0 spiro atoms. The van der Waals surface area contributed by atoms with Crippen LogP contribution in [0.25, 0.3) is 6.08 Å². The fraction of sp³-hybridized carbons (Fsp3) is 0.292. The first-order chi connectivity index (χ1) is 15.2. The first-order valence-electron chi connectivity index (χ1n) is 10.1. The lowest BCUT2D eigenvalue weighted by Gasteiger charge is -2.31. The number of thioether (sulfide) groups is 1. The number of anilines is 1. The Morgan fingerprint density at radius 1 is 1.22 bits per heavy atom. The Kier molecular flexibility index (Phi) is 6.01. The molecule has 0 atom stereocenters. The minimum atomic E-state index is -0.217. The molecule has 1 saturated heterocycles. The number of ether oxygens (including phenoxy) is 2. The topological polar surface area (TPSA) is 67.9 Å². The number of benzene rings is 2. The smallest absolute Gasteiger partial charge is 0.265 e. The number of amides is 2. The molecule has 2 aromatic rings. The zero-order valence-corrected chi connectivity index (χ0v) is 20.0. The minimum Gasteiger partial charge on any atom is -0.496 e. The summed E-state index contributed by atoms with van der Waals surface area (Å²) in [6.07, 6.45) is 1.76. The number of carbonyl (C=O) groups is 2. The standard InChI is InChI=1S/C24H24N2O4S2/c1-24(2,3)16-6-8-18(29-4)15(11-16)12-26-17-9-14(5-7-19(17)30-13-21(26)27)10-20-22(28)25-23(31)32-20/h5-11H,12-13H2,1-4H3,(H,25,28,31). The van der Waals surface area contributed by atoms with Gasteiger partial charge in [-0.15, -0.1) is 0 Å².